The van der Waals surface area contributed by atoms with Crippen LogP contribution in [-0.4, -0.2) is 28.8 Å². The van der Waals surface area contributed by atoms with Crippen LogP contribution in [0.3, 0.4) is 0 Å². The summed E-state index contributed by atoms with van der Waals surface area (Å²) in [7, 11) is 1.54. The van der Waals surface area contributed by atoms with Crippen LogP contribution in [-0.2, 0) is 22.6 Å². The van der Waals surface area contributed by atoms with Crippen LogP contribution in [0.15, 0.2) is 58.1 Å². The summed E-state index contributed by atoms with van der Waals surface area (Å²) < 4.78 is 20.4. The molecule has 3 rings (SSSR count). The Morgan fingerprint density at radius 3 is 2.50 bits per heavy atom. The first-order valence-electron chi connectivity index (χ1n) is 8.78. The number of ether oxygens (including phenoxy) is 1. The van der Waals surface area contributed by atoms with Gasteiger partial charge in [0.15, 0.2) is 0 Å². The molecule has 146 valence electrons. The Morgan fingerprint density at radius 2 is 1.79 bits per heavy atom. The van der Waals surface area contributed by atoms with Crippen LogP contribution < -0.4 is 16.6 Å². The van der Waals surface area contributed by atoms with E-state index in [4.69, 9.17) is 4.74 Å². The van der Waals surface area contributed by atoms with Gasteiger partial charge in [-0.2, -0.15) is 0 Å². The summed E-state index contributed by atoms with van der Waals surface area (Å²) in [4.78, 5) is 38.0. The van der Waals surface area contributed by atoms with E-state index in [1.165, 1.54) is 28.8 Å². The van der Waals surface area contributed by atoms with Crippen LogP contribution in [0.25, 0.3) is 10.9 Å². The number of nitrogens with one attached hydrogen (secondary N) is 1. The maximum Gasteiger partial charge on any atom is 0.331 e. The maximum absolute atomic E-state index is 13.0. The highest BCUT2D eigenvalue weighted by atomic mass is 19.1. The minimum Gasteiger partial charge on any atom is -0.385 e. The summed E-state index contributed by atoms with van der Waals surface area (Å²) in [6.45, 7) is 0.320. The average Bonchev–Trinajstić information content (AvgIpc) is 2.69. The molecule has 0 fully saturated rings. The lowest BCUT2D eigenvalue weighted by Gasteiger charge is -2.14. The van der Waals surface area contributed by atoms with Gasteiger partial charge in [0, 0.05) is 25.9 Å². The lowest BCUT2D eigenvalue weighted by Crippen LogP contribution is -2.42. The number of hydrogen-bond acceptors (Lipinski definition) is 4. The number of methoxy groups -OCH3 is 1. The average molecular weight is 385 g/mol. The molecule has 7 nitrogen and oxygen atoms in total. The second kappa shape index (κ2) is 8.62. The molecule has 0 aliphatic heterocycles. The molecule has 0 aliphatic carbocycles. The van der Waals surface area contributed by atoms with Crippen molar-refractivity contribution in [2.45, 2.75) is 19.5 Å². The molecule has 0 saturated carbocycles. The van der Waals surface area contributed by atoms with Gasteiger partial charge < -0.3 is 10.1 Å². The number of carbonyl (C=O) groups is 1. The second-order valence-electron chi connectivity index (χ2n) is 6.24. The Balaban J connectivity index is 1.96. The number of benzene rings is 2. The molecule has 0 radical (unpaired) electrons. The standard InChI is InChI=1S/C20H20FN3O4/c1-28-12-4-11-23-19(26)16-5-2-3-6-17(16)24(20(23)27)13-18(25)22-15-9-7-14(21)8-10-15/h2-3,5-10H,4,11-13H2,1H3,(H,22,25). The quantitative estimate of drug-likeness (QED) is 0.631. The number of aromatic nitrogens is 2. The van der Waals surface area contributed by atoms with E-state index in [0.717, 1.165) is 4.57 Å². The highest BCUT2D eigenvalue weighted by Crippen LogP contribution is 2.10. The lowest BCUT2D eigenvalue weighted by molar-refractivity contribution is -0.116. The third-order valence-electron chi connectivity index (χ3n) is 4.29. The van der Waals surface area contributed by atoms with Crippen molar-refractivity contribution in [3.63, 3.8) is 0 Å². The molecular formula is C20H20FN3O4. The number of anilines is 1. The Hall–Kier alpha value is -3.26. The minimum absolute atomic E-state index is 0.190. The van der Waals surface area contributed by atoms with Crippen LogP contribution in [0.4, 0.5) is 10.1 Å². The Bertz CT molecular complexity index is 1100. The third kappa shape index (κ3) is 4.17. The molecule has 0 aliphatic rings. The van der Waals surface area contributed by atoms with Gasteiger partial charge in [-0.3, -0.25) is 18.7 Å². The van der Waals surface area contributed by atoms with E-state index in [1.54, 1.807) is 31.4 Å². The number of nitrogens with zero attached hydrogens (tertiary/aromatic N) is 2. The van der Waals surface area contributed by atoms with Crippen molar-refractivity contribution in [1.82, 2.24) is 9.13 Å². The van der Waals surface area contributed by atoms with Crippen LogP contribution in [0.5, 0.6) is 0 Å². The zero-order chi connectivity index (χ0) is 20.1. The van der Waals surface area contributed by atoms with Gasteiger partial charge in [0.1, 0.15) is 12.4 Å². The molecule has 0 saturated heterocycles. The van der Waals surface area contributed by atoms with Gasteiger partial charge in [0.2, 0.25) is 5.91 Å². The molecule has 1 amide bonds. The number of rotatable bonds is 7. The maximum atomic E-state index is 13.0. The Labute approximate surface area is 160 Å². The fourth-order valence-corrected chi connectivity index (χ4v) is 2.97. The van der Waals surface area contributed by atoms with Gasteiger partial charge in [-0.1, -0.05) is 12.1 Å². The molecule has 0 unspecified atom stereocenters. The van der Waals surface area contributed by atoms with Crippen molar-refractivity contribution in [1.29, 1.82) is 0 Å². The molecule has 0 spiro atoms. The van der Waals surface area contributed by atoms with E-state index in [0.29, 0.717) is 29.6 Å². The summed E-state index contributed by atoms with van der Waals surface area (Å²) >= 11 is 0. The van der Waals surface area contributed by atoms with Crippen LogP contribution in [0, 0.1) is 5.82 Å². The molecule has 2 aromatic carbocycles. The van der Waals surface area contributed by atoms with Gasteiger partial charge in [-0.05, 0) is 42.8 Å². The van der Waals surface area contributed by atoms with Crippen LogP contribution in [0.2, 0.25) is 0 Å². The van der Waals surface area contributed by atoms with E-state index in [1.807, 2.05) is 0 Å². The van der Waals surface area contributed by atoms with E-state index >= 15 is 0 Å². The number of para-hydroxylation sites is 1. The zero-order valence-corrected chi connectivity index (χ0v) is 15.4. The predicted molar refractivity (Wildman–Crippen MR) is 104 cm³/mol. The molecule has 0 bridgehead atoms. The minimum atomic E-state index is -0.561. The SMILES string of the molecule is COCCCn1c(=O)c2ccccc2n(CC(=O)Nc2ccc(F)cc2)c1=O. The van der Waals surface area contributed by atoms with Gasteiger partial charge in [0.25, 0.3) is 5.56 Å². The summed E-state index contributed by atoms with van der Waals surface area (Å²) in [5.74, 6) is -0.871. The largest absolute Gasteiger partial charge is 0.385 e. The molecule has 1 heterocycles. The van der Waals surface area contributed by atoms with Crippen molar-refractivity contribution >= 4 is 22.5 Å². The van der Waals surface area contributed by atoms with E-state index in [2.05, 4.69) is 5.32 Å². The Morgan fingerprint density at radius 1 is 1.07 bits per heavy atom. The lowest BCUT2D eigenvalue weighted by atomic mass is 10.2. The molecule has 8 heteroatoms. The van der Waals surface area contributed by atoms with Crippen molar-refractivity contribution in [2.24, 2.45) is 0 Å². The van der Waals surface area contributed by atoms with E-state index in [-0.39, 0.29) is 13.1 Å². The number of fused-ring (bicyclic) bond motifs is 1. The van der Waals surface area contributed by atoms with E-state index < -0.39 is 23.0 Å². The highest BCUT2D eigenvalue weighted by molar-refractivity contribution is 5.91. The first kappa shape index (κ1) is 19.5. The van der Waals surface area contributed by atoms with Crippen molar-refractivity contribution < 1.29 is 13.9 Å². The number of carbonyl (C=O) groups excluding carboxylic acids is 1. The molecule has 1 aromatic heterocycles. The molecule has 0 atom stereocenters. The fraction of sp³-hybridized carbons (Fsp3) is 0.250. The second-order valence-corrected chi connectivity index (χ2v) is 6.24. The van der Waals surface area contributed by atoms with Crippen molar-refractivity contribution in [3.8, 4) is 0 Å². The molecule has 3 aromatic rings. The summed E-state index contributed by atoms with van der Waals surface area (Å²) in [6.07, 6.45) is 0.492. The molecular weight excluding hydrogens is 365 g/mol. The van der Waals surface area contributed by atoms with Gasteiger partial charge in [-0.25, -0.2) is 9.18 Å². The Kier molecular flexibility index (Phi) is 6.00. The van der Waals surface area contributed by atoms with Gasteiger partial charge in [0.05, 0.1) is 10.9 Å². The topological polar surface area (TPSA) is 82.3 Å². The van der Waals surface area contributed by atoms with Crippen molar-refractivity contribution in [2.75, 3.05) is 19.0 Å². The first-order valence-corrected chi connectivity index (χ1v) is 8.78. The number of amides is 1. The first-order chi connectivity index (χ1) is 13.5. The number of hydrogen-bond donors (Lipinski definition) is 1. The predicted octanol–water partition coefficient (Wildman–Crippen LogP) is 1.98. The van der Waals surface area contributed by atoms with Gasteiger partial charge in [-0.15, -0.1) is 0 Å². The third-order valence-corrected chi connectivity index (χ3v) is 4.29. The van der Waals surface area contributed by atoms with Crippen LogP contribution >= 0.6 is 0 Å². The summed E-state index contributed by atoms with van der Waals surface area (Å²) in [5, 5.41) is 2.98. The highest BCUT2D eigenvalue weighted by Gasteiger charge is 2.15. The van der Waals surface area contributed by atoms with E-state index in [9.17, 15) is 18.8 Å². The summed E-state index contributed by atoms with van der Waals surface area (Å²) in [6, 6.07) is 12.0. The molecule has 1 N–H and O–H groups in total. The number of halogens is 1. The molecule has 28 heavy (non-hydrogen) atoms. The summed E-state index contributed by atoms with van der Waals surface area (Å²) in [5.41, 5.74) is -0.159. The fourth-order valence-electron chi connectivity index (χ4n) is 2.97. The van der Waals surface area contributed by atoms with Crippen molar-refractivity contribution in [3.05, 3.63) is 75.2 Å². The van der Waals surface area contributed by atoms with Gasteiger partial charge >= 0.3 is 5.69 Å². The van der Waals surface area contributed by atoms with Crippen LogP contribution in [0.1, 0.15) is 6.42 Å². The normalized spacial score (nSPS) is 10.9. The monoisotopic (exact) mass is 385 g/mol. The zero-order valence-electron chi connectivity index (χ0n) is 15.4. The smallest absolute Gasteiger partial charge is 0.331 e.